The van der Waals surface area contributed by atoms with Gasteiger partial charge in [0, 0.05) is 6.42 Å². The molecule has 0 saturated carbocycles. The van der Waals surface area contributed by atoms with E-state index >= 15 is 0 Å². The number of ether oxygens (including phenoxy) is 2. The van der Waals surface area contributed by atoms with Gasteiger partial charge in [0.15, 0.2) is 5.79 Å². The zero-order valence-corrected chi connectivity index (χ0v) is 9.05. The Labute approximate surface area is 83.4 Å². The van der Waals surface area contributed by atoms with E-state index in [9.17, 15) is 0 Å². The normalized spacial score (nSPS) is 66.0. The smallest absolute Gasteiger partial charge is 0.212 e. The third-order valence-corrected chi connectivity index (χ3v) is 4.26. The SMILES string of the molecule is CC12CCC3(C)[C@@](C)(OO[C@]3(C)O1)O2. The van der Waals surface area contributed by atoms with Crippen molar-refractivity contribution in [3.63, 3.8) is 0 Å². The molecule has 4 heteroatoms. The maximum Gasteiger partial charge on any atom is 0.212 e. The van der Waals surface area contributed by atoms with Crippen molar-refractivity contribution < 1.29 is 19.2 Å². The first-order valence-electron chi connectivity index (χ1n) is 5.10. The monoisotopic (exact) mass is 200 g/mol. The van der Waals surface area contributed by atoms with Gasteiger partial charge < -0.3 is 9.47 Å². The predicted octanol–water partition coefficient (Wildman–Crippen LogP) is 1.94. The fourth-order valence-corrected chi connectivity index (χ4v) is 2.89. The van der Waals surface area contributed by atoms with Crippen LogP contribution in [0, 0.1) is 5.41 Å². The molecule has 4 rings (SSSR count). The largest absolute Gasteiger partial charge is 0.315 e. The van der Waals surface area contributed by atoms with Crippen molar-refractivity contribution in [3.05, 3.63) is 0 Å². The van der Waals surface area contributed by atoms with Crippen molar-refractivity contribution >= 4 is 0 Å². The molecule has 0 amide bonds. The summed E-state index contributed by atoms with van der Waals surface area (Å²) < 4.78 is 11.7. The average molecular weight is 200 g/mol. The zero-order valence-electron chi connectivity index (χ0n) is 9.05. The molecule has 4 aliphatic heterocycles. The van der Waals surface area contributed by atoms with E-state index in [1.807, 2.05) is 20.8 Å². The van der Waals surface area contributed by atoms with Gasteiger partial charge in [0.25, 0.3) is 0 Å². The van der Waals surface area contributed by atoms with Gasteiger partial charge in [-0.25, -0.2) is 0 Å². The van der Waals surface area contributed by atoms with Crippen molar-refractivity contribution in [2.45, 2.75) is 57.9 Å². The molecule has 4 bridgehead atoms. The van der Waals surface area contributed by atoms with Gasteiger partial charge in [-0.15, -0.1) is 0 Å². The first-order chi connectivity index (χ1) is 6.33. The van der Waals surface area contributed by atoms with E-state index in [0.29, 0.717) is 0 Å². The second-order valence-corrected chi connectivity index (χ2v) is 5.23. The van der Waals surface area contributed by atoms with Crippen LogP contribution in [0.3, 0.4) is 0 Å². The lowest BCUT2D eigenvalue weighted by atomic mass is 9.67. The Morgan fingerprint density at radius 1 is 0.786 bits per heavy atom. The molecule has 4 nitrogen and oxygen atoms in total. The topological polar surface area (TPSA) is 36.9 Å². The minimum absolute atomic E-state index is 0.224. The molecular weight excluding hydrogens is 184 g/mol. The first kappa shape index (κ1) is 9.09. The van der Waals surface area contributed by atoms with Gasteiger partial charge in [-0.1, -0.05) is 0 Å². The number of hydrogen-bond donors (Lipinski definition) is 0. The van der Waals surface area contributed by atoms with Crippen LogP contribution in [-0.2, 0) is 19.2 Å². The number of hydrogen-bond acceptors (Lipinski definition) is 4. The highest BCUT2D eigenvalue weighted by Gasteiger charge is 2.76. The van der Waals surface area contributed by atoms with Crippen molar-refractivity contribution in [2.24, 2.45) is 5.41 Å². The van der Waals surface area contributed by atoms with Crippen molar-refractivity contribution in [1.82, 2.24) is 0 Å². The Balaban J connectivity index is 2.16. The average Bonchev–Trinajstić information content (AvgIpc) is 2.21. The summed E-state index contributed by atoms with van der Waals surface area (Å²) in [7, 11) is 0. The molecule has 0 aromatic carbocycles. The molecule has 0 aliphatic carbocycles. The van der Waals surface area contributed by atoms with E-state index < -0.39 is 17.4 Å². The van der Waals surface area contributed by atoms with Crippen molar-refractivity contribution in [1.29, 1.82) is 0 Å². The van der Waals surface area contributed by atoms with E-state index in [-0.39, 0.29) is 5.41 Å². The van der Waals surface area contributed by atoms with Crippen LogP contribution in [0.4, 0.5) is 0 Å². The van der Waals surface area contributed by atoms with E-state index in [1.165, 1.54) is 0 Å². The fourth-order valence-electron chi connectivity index (χ4n) is 2.89. The van der Waals surface area contributed by atoms with E-state index in [0.717, 1.165) is 12.8 Å². The summed E-state index contributed by atoms with van der Waals surface area (Å²) in [5, 5.41) is 0. The summed E-state index contributed by atoms with van der Waals surface area (Å²) in [4.78, 5) is 10.6. The minimum Gasteiger partial charge on any atom is -0.315 e. The lowest BCUT2D eigenvalue weighted by Crippen LogP contribution is -2.69. The Morgan fingerprint density at radius 2 is 1.29 bits per heavy atom. The summed E-state index contributed by atoms with van der Waals surface area (Å²) in [6.07, 6.45) is 1.89. The van der Waals surface area contributed by atoms with E-state index in [4.69, 9.17) is 19.2 Å². The van der Waals surface area contributed by atoms with Crippen LogP contribution in [0.1, 0.15) is 40.5 Å². The van der Waals surface area contributed by atoms with Crippen LogP contribution < -0.4 is 0 Å². The molecule has 4 atom stereocenters. The number of rotatable bonds is 0. The van der Waals surface area contributed by atoms with E-state index in [2.05, 4.69) is 6.92 Å². The van der Waals surface area contributed by atoms with Crippen LogP contribution in [0.25, 0.3) is 0 Å². The summed E-state index contributed by atoms with van der Waals surface area (Å²) in [6.45, 7) is 7.90. The minimum atomic E-state index is -0.674. The Morgan fingerprint density at radius 3 is 1.79 bits per heavy atom. The fraction of sp³-hybridized carbons (Fsp3) is 1.00. The van der Waals surface area contributed by atoms with Gasteiger partial charge in [0.1, 0.15) is 0 Å². The molecule has 0 radical (unpaired) electrons. The highest BCUT2D eigenvalue weighted by Crippen LogP contribution is 2.66. The zero-order chi connectivity index (χ0) is 10.2. The Bertz CT molecular complexity index is 282. The van der Waals surface area contributed by atoms with Crippen molar-refractivity contribution in [3.8, 4) is 0 Å². The summed E-state index contributed by atoms with van der Waals surface area (Å²) in [6, 6.07) is 0. The molecular formula is C10H16O4. The number of fused-ring (bicyclic) bond motifs is 1. The highest BCUT2D eigenvalue weighted by atomic mass is 17.3. The van der Waals surface area contributed by atoms with Crippen LogP contribution >= 0.6 is 0 Å². The van der Waals surface area contributed by atoms with Crippen LogP contribution in [0.15, 0.2) is 0 Å². The first-order valence-corrected chi connectivity index (χ1v) is 5.10. The van der Waals surface area contributed by atoms with Gasteiger partial charge in [-0.2, -0.15) is 9.78 Å². The molecule has 0 aromatic heterocycles. The quantitative estimate of drug-likeness (QED) is 0.560. The van der Waals surface area contributed by atoms with Crippen molar-refractivity contribution in [2.75, 3.05) is 0 Å². The standard InChI is InChI=1S/C10H16O4/c1-7-5-6-8(2)11-9(7,3)13-14-10(7,4)12-8/h5-6H2,1-4H3/t7?,8?,9-,10+. The third kappa shape index (κ3) is 0.724. The van der Waals surface area contributed by atoms with Crippen LogP contribution in [-0.4, -0.2) is 17.4 Å². The highest BCUT2D eigenvalue weighted by molar-refractivity contribution is 5.08. The molecule has 4 heterocycles. The summed E-state index contributed by atoms with van der Waals surface area (Å²) in [5.74, 6) is -1.91. The maximum atomic E-state index is 5.85. The predicted molar refractivity (Wildman–Crippen MR) is 46.9 cm³/mol. The van der Waals surface area contributed by atoms with Gasteiger partial charge in [-0.05, 0) is 34.1 Å². The lowest BCUT2D eigenvalue weighted by molar-refractivity contribution is -0.450. The second-order valence-electron chi connectivity index (χ2n) is 5.23. The van der Waals surface area contributed by atoms with E-state index in [1.54, 1.807) is 0 Å². The van der Waals surface area contributed by atoms with Crippen LogP contribution in [0.5, 0.6) is 0 Å². The Kier molecular flexibility index (Phi) is 1.31. The molecule has 0 aromatic rings. The molecule has 2 unspecified atom stereocenters. The van der Waals surface area contributed by atoms with Gasteiger partial charge in [0.05, 0.1) is 5.41 Å². The molecule has 4 aliphatic rings. The lowest BCUT2D eigenvalue weighted by Gasteiger charge is -2.58. The van der Waals surface area contributed by atoms with Gasteiger partial charge >= 0.3 is 0 Å². The molecule has 4 saturated heterocycles. The van der Waals surface area contributed by atoms with Gasteiger partial charge in [-0.3, -0.25) is 0 Å². The van der Waals surface area contributed by atoms with Crippen LogP contribution in [0.2, 0.25) is 0 Å². The van der Waals surface area contributed by atoms with Gasteiger partial charge in [0.2, 0.25) is 11.6 Å². The maximum absolute atomic E-state index is 5.85. The Hall–Kier alpha value is -0.160. The second kappa shape index (κ2) is 2.02. The summed E-state index contributed by atoms with van der Waals surface area (Å²) in [5.41, 5.74) is -0.224. The molecule has 80 valence electrons. The molecule has 4 fully saturated rings. The molecule has 14 heavy (non-hydrogen) atoms. The molecule has 0 N–H and O–H groups in total. The summed E-state index contributed by atoms with van der Waals surface area (Å²) >= 11 is 0. The molecule has 0 spiro atoms. The third-order valence-electron chi connectivity index (χ3n) is 4.26.